The van der Waals surface area contributed by atoms with Crippen LogP contribution in [-0.4, -0.2) is 18.5 Å². The zero-order valence-electron chi connectivity index (χ0n) is 9.62. The van der Waals surface area contributed by atoms with Crippen LogP contribution in [0.3, 0.4) is 0 Å². The molecule has 1 aliphatic carbocycles. The van der Waals surface area contributed by atoms with Gasteiger partial charge in [0.25, 0.3) is 5.91 Å². The van der Waals surface area contributed by atoms with E-state index in [1.54, 1.807) is 0 Å². The predicted octanol–water partition coefficient (Wildman–Crippen LogP) is 1.25. The van der Waals surface area contributed by atoms with E-state index in [0.29, 0.717) is 0 Å². The summed E-state index contributed by atoms with van der Waals surface area (Å²) < 4.78 is 0. The number of rotatable bonds is 3. The third-order valence-electron chi connectivity index (χ3n) is 2.97. The Bertz CT molecular complexity index is 401. The summed E-state index contributed by atoms with van der Waals surface area (Å²) in [5.74, 6) is 0.0186. The molecule has 0 heterocycles. The van der Waals surface area contributed by atoms with E-state index in [2.05, 4.69) is 5.32 Å². The topological polar surface area (TPSA) is 55.1 Å². The van der Waals surface area contributed by atoms with Crippen LogP contribution >= 0.6 is 0 Å². The van der Waals surface area contributed by atoms with Crippen molar-refractivity contribution < 1.29 is 4.79 Å². The monoisotopic (exact) mass is 218 g/mol. The Balaban J connectivity index is 2.13. The van der Waals surface area contributed by atoms with E-state index in [1.807, 2.05) is 25.1 Å². The van der Waals surface area contributed by atoms with Gasteiger partial charge >= 0.3 is 0 Å². The Kier molecular flexibility index (Phi) is 3.25. The molecule has 1 aromatic carbocycles. The number of amides is 1. The van der Waals surface area contributed by atoms with E-state index in [-0.39, 0.29) is 11.9 Å². The fourth-order valence-electron chi connectivity index (χ4n) is 2.13. The van der Waals surface area contributed by atoms with Crippen LogP contribution in [0.2, 0.25) is 0 Å². The van der Waals surface area contributed by atoms with Crippen molar-refractivity contribution in [3.63, 3.8) is 0 Å². The van der Waals surface area contributed by atoms with Crippen LogP contribution in [0.25, 0.3) is 0 Å². The quantitative estimate of drug-likeness (QED) is 0.802. The van der Waals surface area contributed by atoms with Gasteiger partial charge in [-0.2, -0.15) is 0 Å². The van der Waals surface area contributed by atoms with Gasteiger partial charge in [0.15, 0.2) is 0 Å². The summed E-state index contributed by atoms with van der Waals surface area (Å²) in [5, 5.41) is 2.88. The van der Waals surface area contributed by atoms with Crippen molar-refractivity contribution in [3.8, 4) is 0 Å². The molecule has 1 amide bonds. The number of nitrogens with one attached hydrogen (secondary N) is 1. The molecule has 0 saturated heterocycles. The van der Waals surface area contributed by atoms with Crippen molar-refractivity contribution in [2.24, 2.45) is 5.73 Å². The summed E-state index contributed by atoms with van der Waals surface area (Å²) in [6.45, 7) is 2.78. The van der Waals surface area contributed by atoms with Crippen molar-refractivity contribution in [3.05, 3.63) is 34.9 Å². The van der Waals surface area contributed by atoms with E-state index in [1.165, 1.54) is 11.1 Å². The molecule has 86 valence electrons. The van der Waals surface area contributed by atoms with Gasteiger partial charge in [-0.3, -0.25) is 4.79 Å². The van der Waals surface area contributed by atoms with Crippen LogP contribution in [0, 0.1) is 0 Å². The largest absolute Gasteiger partial charge is 0.352 e. The lowest BCUT2D eigenvalue weighted by Crippen LogP contribution is -2.24. The summed E-state index contributed by atoms with van der Waals surface area (Å²) in [4.78, 5) is 11.7. The van der Waals surface area contributed by atoms with Gasteiger partial charge in [-0.05, 0) is 42.5 Å². The highest BCUT2D eigenvalue weighted by atomic mass is 16.1. The molecule has 3 nitrogen and oxygen atoms in total. The lowest BCUT2D eigenvalue weighted by molar-refractivity contribution is 0.0953. The van der Waals surface area contributed by atoms with Crippen LogP contribution in [0.1, 0.15) is 34.8 Å². The second kappa shape index (κ2) is 4.66. The Morgan fingerprint density at radius 3 is 2.94 bits per heavy atom. The smallest absolute Gasteiger partial charge is 0.251 e. The molecule has 0 aromatic heterocycles. The maximum atomic E-state index is 11.7. The molecule has 0 spiro atoms. The third-order valence-corrected chi connectivity index (χ3v) is 2.97. The first-order valence-electron chi connectivity index (χ1n) is 5.86. The fourth-order valence-corrected chi connectivity index (χ4v) is 2.13. The van der Waals surface area contributed by atoms with Gasteiger partial charge in [-0.1, -0.05) is 13.0 Å². The molecule has 0 aliphatic heterocycles. The predicted molar refractivity (Wildman–Crippen MR) is 64.4 cm³/mol. The molecule has 3 heteroatoms. The lowest BCUT2D eigenvalue weighted by atomic mass is 10.1. The summed E-state index contributed by atoms with van der Waals surface area (Å²) in [7, 11) is 0. The Labute approximate surface area is 96.0 Å². The first-order chi connectivity index (χ1) is 7.70. The summed E-state index contributed by atoms with van der Waals surface area (Å²) in [5.41, 5.74) is 9.17. The molecule has 1 atom stereocenters. The van der Waals surface area contributed by atoms with E-state index in [0.717, 1.165) is 31.4 Å². The Hall–Kier alpha value is -1.35. The Morgan fingerprint density at radius 2 is 2.19 bits per heavy atom. The minimum Gasteiger partial charge on any atom is -0.352 e. The van der Waals surface area contributed by atoms with E-state index in [4.69, 9.17) is 5.73 Å². The maximum Gasteiger partial charge on any atom is 0.251 e. The molecular formula is C13H18N2O. The molecule has 16 heavy (non-hydrogen) atoms. The number of nitrogens with two attached hydrogens (primary N) is 1. The van der Waals surface area contributed by atoms with Gasteiger partial charge in [0.1, 0.15) is 0 Å². The number of hydrogen-bond donors (Lipinski definition) is 2. The molecule has 1 aromatic rings. The highest BCUT2D eigenvalue weighted by Crippen LogP contribution is 2.22. The molecule has 0 bridgehead atoms. The number of fused-ring (bicyclic) bond motifs is 1. The van der Waals surface area contributed by atoms with Crippen molar-refractivity contribution >= 4 is 5.91 Å². The van der Waals surface area contributed by atoms with E-state index >= 15 is 0 Å². The molecule has 0 fully saturated rings. The fraction of sp³-hybridized carbons (Fsp3) is 0.462. The van der Waals surface area contributed by atoms with Gasteiger partial charge in [-0.15, -0.1) is 0 Å². The summed E-state index contributed by atoms with van der Waals surface area (Å²) in [6.07, 6.45) is 2.79. The van der Waals surface area contributed by atoms with Crippen molar-refractivity contribution in [2.75, 3.05) is 6.54 Å². The number of carbonyl (C=O) groups excluding carboxylic acids is 1. The molecule has 3 N–H and O–H groups in total. The van der Waals surface area contributed by atoms with Crippen molar-refractivity contribution in [1.82, 2.24) is 5.32 Å². The van der Waals surface area contributed by atoms with Gasteiger partial charge in [0, 0.05) is 18.2 Å². The van der Waals surface area contributed by atoms with Gasteiger partial charge in [0.2, 0.25) is 0 Å². The van der Waals surface area contributed by atoms with Crippen LogP contribution in [0.4, 0.5) is 0 Å². The standard InChI is InChI=1S/C13H18N2O/c1-2-5-15-13(16)10-4-3-9-7-12(14)8-11(9)6-10/h3-4,6,12H,2,5,7-8,14H2,1H3,(H,15,16). The van der Waals surface area contributed by atoms with E-state index < -0.39 is 0 Å². The first-order valence-corrected chi connectivity index (χ1v) is 5.86. The number of hydrogen-bond acceptors (Lipinski definition) is 2. The van der Waals surface area contributed by atoms with E-state index in [9.17, 15) is 4.79 Å². The average molecular weight is 218 g/mol. The SMILES string of the molecule is CCCNC(=O)c1ccc2c(c1)CC(N)C2. The zero-order valence-corrected chi connectivity index (χ0v) is 9.62. The lowest BCUT2D eigenvalue weighted by Gasteiger charge is -2.05. The van der Waals surface area contributed by atoms with Gasteiger partial charge in [-0.25, -0.2) is 0 Å². The van der Waals surface area contributed by atoms with Crippen LogP contribution < -0.4 is 11.1 Å². The second-order valence-electron chi connectivity index (χ2n) is 4.41. The molecular weight excluding hydrogens is 200 g/mol. The molecule has 0 saturated carbocycles. The molecule has 1 unspecified atom stereocenters. The second-order valence-corrected chi connectivity index (χ2v) is 4.41. The number of carbonyl (C=O) groups is 1. The zero-order chi connectivity index (χ0) is 11.5. The highest BCUT2D eigenvalue weighted by molar-refractivity contribution is 5.94. The summed E-state index contributed by atoms with van der Waals surface area (Å²) >= 11 is 0. The van der Waals surface area contributed by atoms with Crippen molar-refractivity contribution in [1.29, 1.82) is 0 Å². The highest BCUT2D eigenvalue weighted by Gasteiger charge is 2.19. The molecule has 2 rings (SSSR count). The van der Waals surface area contributed by atoms with Crippen LogP contribution in [-0.2, 0) is 12.8 Å². The first kappa shape index (κ1) is 11.1. The molecule has 1 aliphatic rings. The minimum absolute atomic E-state index is 0.0186. The third kappa shape index (κ3) is 2.25. The Morgan fingerprint density at radius 1 is 1.44 bits per heavy atom. The maximum absolute atomic E-state index is 11.7. The minimum atomic E-state index is 0.0186. The summed E-state index contributed by atoms with van der Waals surface area (Å²) in [6, 6.07) is 6.13. The van der Waals surface area contributed by atoms with Gasteiger partial charge in [0.05, 0.1) is 0 Å². The van der Waals surface area contributed by atoms with Crippen LogP contribution in [0.15, 0.2) is 18.2 Å². The molecule has 0 radical (unpaired) electrons. The van der Waals surface area contributed by atoms with Gasteiger partial charge < -0.3 is 11.1 Å². The normalized spacial score (nSPS) is 18.2. The number of benzene rings is 1. The van der Waals surface area contributed by atoms with Crippen molar-refractivity contribution in [2.45, 2.75) is 32.2 Å². The average Bonchev–Trinajstić information content (AvgIpc) is 2.64. The van der Waals surface area contributed by atoms with Crippen LogP contribution in [0.5, 0.6) is 0 Å².